The van der Waals surface area contributed by atoms with Crippen molar-refractivity contribution in [3.05, 3.63) is 66.0 Å². The molecule has 1 amide bonds. The molecule has 1 aliphatic heterocycles. The van der Waals surface area contributed by atoms with Crippen molar-refractivity contribution in [3.8, 4) is 0 Å². The van der Waals surface area contributed by atoms with Crippen LogP contribution in [-0.2, 0) is 27.4 Å². The molecule has 31 heavy (non-hydrogen) atoms. The minimum Gasteiger partial charge on any atom is -0.475 e. The van der Waals surface area contributed by atoms with E-state index < -0.39 is 12.1 Å². The Labute approximate surface area is 178 Å². The minimum absolute atomic E-state index is 0.153. The Morgan fingerprint density at radius 1 is 1.13 bits per heavy atom. The van der Waals surface area contributed by atoms with Gasteiger partial charge in [-0.25, -0.2) is 4.79 Å². The van der Waals surface area contributed by atoms with Crippen molar-refractivity contribution in [1.82, 2.24) is 9.88 Å². The number of piperidine rings is 1. The summed E-state index contributed by atoms with van der Waals surface area (Å²) < 4.78 is 38.0. The van der Waals surface area contributed by atoms with Gasteiger partial charge in [-0.1, -0.05) is 30.3 Å². The maximum Gasteiger partial charge on any atom is 0.490 e. The number of ether oxygens (including phenoxy) is 1. The molecular formula is C22H25F3N2O4. The predicted octanol–water partition coefficient (Wildman–Crippen LogP) is 3.71. The highest BCUT2D eigenvalue weighted by molar-refractivity contribution is 5.73. The third-order valence-corrected chi connectivity index (χ3v) is 4.91. The van der Waals surface area contributed by atoms with Crippen LogP contribution >= 0.6 is 0 Å². The number of amides is 1. The first-order chi connectivity index (χ1) is 14.7. The van der Waals surface area contributed by atoms with Crippen LogP contribution in [0.25, 0.3) is 0 Å². The van der Waals surface area contributed by atoms with E-state index in [1.54, 1.807) is 19.3 Å². The van der Waals surface area contributed by atoms with Crippen molar-refractivity contribution in [1.29, 1.82) is 0 Å². The molecule has 3 rings (SSSR count). The van der Waals surface area contributed by atoms with Crippen LogP contribution in [-0.4, -0.2) is 52.2 Å². The molecule has 1 aromatic carbocycles. The summed E-state index contributed by atoms with van der Waals surface area (Å²) in [6, 6.07) is 14.4. The van der Waals surface area contributed by atoms with Crippen LogP contribution in [0.5, 0.6) is 0 Å². The molecule has 0 spiro atoms. The second-order valence-corrected chi connectivity index (χ2v) is 7.21. The number of benzene rings is 1. The van der Waals surface area contributed by atoms with E-state index in [-0.39, 0.29) is 12.0 Å². The highest BCUT2D eigenvalue weighted by Gasteiger charge is 2.38. The van der Waals surface area contributed by atoms with E-state index in [1.807, 2.05) is 23.1 Å². The number of alkyl halides is 3. The van der Waals surface area contributed by atoms with Crippen LogP contribution in [0.15, 0.2) is 54.9 Å². The van der Waals surface area contributed by atoms with E-state index in [9.17, 15) is 18.0 Å². The lowest BCUT2D eigenvalue weighted by Crippen LogP contribution is -2.46. The molecule has 1 aliphatic rings. The number of carboxylic acid groups (broad SMARTS) is 1. The normalized spacial score (nSPS) is 18.6. The van der Waals surface area contributed by atoms with Gasteiger partial charge < -0.3 is 14.7 Å². The van der Waals surface area contributed by atoms with Crippen molar-refractivity contribution in [3.63, 3.8) is 0 Å². The molecule has 6 nitrogen and oxygen atoms in total. The van der Waals surface area contributed by atoms with E-state index >= 15 is 0 Å². The van der Waals surface area contributed by atoms with Crippen LogP contribution in [0.4, 0.5) is 13.2 Å². The first-order valence-corrected chi connectivity index (χ1v) is 9.77. The smallest absolute Gasteiger partial charge is 0.475 e. The second kappa shape index (κ2) is 11.5. The van der Waals surface area contributed by atoms with Crippen LogP contribution in [0.3, 0.4) is 0 Å². The number of aliphatic carboxylic acids is 1. The summed E-state index contributed by atoms with van der Waals surface area (Å²) in [5, 5.41) is 7.12. The van der Waals surface area contributed by atoms with E-state index in [0.717, 1.165) is 31.5 Å². The number of hydrogen-bond acceptors (Lipinski definition) is 4. The number of aromatic nitrogens is 1. The highest BCUT2D eigenvalue weighted by atomic mass is 19.4. The summed E-state index contributed by atoms with van der Waals surface area (Å²) in [5.41, 5.74) is 2.43. The van der Waals surface area contributed by atoms with Gasteiger partial charge in [0.15, 0.2) is 0 Å². The number of rotatable bonds is 5. The SMILES string of the molecule is CC(=O)N1CC[C@H](OCc2ccncc2)[C@@H](Cc2ccccc2)C1.O=C(O)C(F)(F)F. The van der Waals surface area contributed by atoms with E-state index in [2.05, 4.69) is 29.2 Å². The summed E-state index contributed by atoms with van der Waals surface area (Å²) in [6.07, 6.45) is 0.499. The highest BCUT2D eigenvalue weighted by Crippen LogP contribution is 2.25. The van der Waals surface area contributed by atoms with Gasteiger partial charge in [0.2, 0.25) is 5.91 Å². The van der Waals surface area contributed by atoms with Gasteiger partial charge in [-0.15, -0.1) is 0 Å². The van der Waals surface area contributed by atoms with Crippen molar-refractivity contribution in [2.75, 3.05) is 13.1 Å². The Hall–Kier alpha value is -2.94. The van der Waals surface area contributed by atoms with E-state index in [4.69, 9.17) is 14.6 Å². The number of likely N-dealkylation sites (tertiary alicyclic amines) is 1. The maximum absolute atomic E-state index is 11.8. The molecule has 1 saturated heterocycles. The van der Waals surface area contributed by atoms with Gasteiger partial charge in [0.1, 0.15) is 0 Å². The van der Waals surface area contributed by atoms with Crippen molar-refractivity contribution >= 4 is 11.9 Å². The van der Waals surface area contributed by atoms with Gasteiger partial charge in [0.25, 0.3) is 0 Å². The fraction of sp³-hybridized carbons (Fsp3) is 0.409. The lowest BCUT2D eigenvalue weighted by atomic mass is 9.88. The molecule has 2 heterocycles. The lowest BCUT2D eigenvalue weighted by molar-refractivity contribution is -0.192. The summed E-state index contributed by atoms with van der Waals surface area (Å²) >= 11 is 0. The number of pyridine rings is 1. The Balaban J connectivity index is 0.000000423. The number of carbonyl (C=O) groups excluding carboxylic acids is 1. The Morgan fingerprint density at radius 2 is 1.74 bits per heavy atom. The topological polar surface area (TPSA) is 79.7 Å². The molecule has 9 heteroatoms. The zero-order chi connectivity index (χ0) is 22.9. The molecule has 168 valence electrons. The molecule has 2 atom stereocenters. The van der Waals surface area contributed by atoms with Gasteiger partial charge >= 0.3 is 12.1 Å². The Kier molecular flexibility index (Phi) is 8.99. The summed E-state index contributed by atoms with van der Waals surface area (Å²) in [6.45, 7) is 3.79. The van der Waals surface area contributed by atoms with Crippen LogP contribution in [0.2, 0.25) is 0 Å². The van der Waals surface area contributed by atoms with Crippen LogP contribution in [0.1, 0.15) is 24.5 Å². The predicted molar refractivity (Wildman–Crippen MR) is 107 cm³/mol. The van der Waals surface area contributed by atoms with Crippen LogP contribution in [0, 0.1) is 5.92 Å². The van der Waals surface area contributed by atoms with Crippen LogP contribution < -0.4 is 0 Å². The molecule has 0 aliphatic carbocycles. The molecule has 0 bridgehead atoms. The zero-order valence-electron chi connectivity index (χ0n) is 17.1. The third kappa shape index (κ3) is 8.37. The van der Waals surface area contributed by atoms with Gasteiger partial charge in [0.05, 0.1) is 12.7 Å². The fourth-order valence-corrected chi connectivity index (χ4v) is 3.31. The molecule has 0 saturated carbocycles. The van der Waals surface area contributed by atoms with E-state index in [1.165, 1.54) is 5.56 Å². The van der Waals surface area contributed by atoms with Crippen molar-refractivity contribution in [2.24, 2.45) is 5.92 Å². The first-order valence-electron chi connectivity index (χ1n) is 9.77. The number of carbonyl (C=O) groups is 2. The number of nitrogens with zero attached hydrogens (tertiary/aromatic N) is 2. The molecule has 0 radical (unpaired) electrons. The van der Waals surface area contributed by atoms with Gasteiger partial charge in [-0.2, -0.15) is 13.2 Å². The number of hydrogen-bond donors (Lipinski definition) is 1. The minimum atomic E-state index is -5.08. The van der Waals surface area contributed by atoms with Gasteiger partial charge in [0, 0.05) is 38.3 Å². The molecular weight excluding hydrogens is 413 g/mol. The average molecular weight is 438 g/mol. The number of carboxylic acids is 1. The fourth-order valence-electron chi connectivity index (χ4n) is 3.31. The molecule has 1 fully saturated rings. The molecule has 1 N–H and O–H groups in total. The lowest BCUT2D eigenvalue weighted by Gasteiger charge is -2.38. The Bertz CT molecular complexity index is 832. The number of halogens is 3. The maximum atomic E-state index is 11.8. The van der Waals surface area contributed by atoms with Crippen molar-refractivity contribution in [2.45, 2.75) is 38.7 Å². The van der Waals surface area contributed by atoms with Gasteiger partial charge in [-0.3, -0.25) is 9.78 Å². The average Bonchev–Trinajstić information content (AvgIpc) is 2.74. The quantitative estimate of drug-likeness (QED) is 0.770. The monoisotopic (exact) mass is 438 g/mol. The second-order valence-electron chi connectivity index (χ2n) is 7.21. The molecule has 1 aromatic heterocycles. The standard InChI is InChI=1S/C20H24N2O2.C2HF3O2/c1-16(23)22-12-9-20(24-15-18-7-10-21-11-8-18)19(14-22)13-17-5-3-2-4-6-17;3-2(4,5)1(6)7/h2-8,10-11,19-20H,9,12-15H2,1H3;(H,6,7)/t19-,20-;/m0./s1. The summed E-state index contributed by atoms with van der Waals surface area (Å²) in [5.74, 6) is -2.28. The summed E-state index contributed by atoms with van der Waals surface area (Å²) in [4.78, 5) is 26.6. The largest absolute Gasteiger partial charge is 0.490 e. The van der Waals surface area contributed by atoms with Crippen molar-refractivity contribution < 1.29 is 32.6 Å². The molecule has 0 unspecified atom stereocenters. The molecule has 2 aromatic rings. The van der Waals surface area contributed by atoms with E-state index in [0.29, 0.717) is 12.5 Å². The third-order valence-electron chi connectivity index (χ3n) is 4.91. The summed E-state index contributed by atoms with van der Waals surface area (Å²) in [7, 11) is 0. The zero-order valence-corrected chi connectivity index (χ0v) is 17.1. The van der Waals surface area contributed by atoms with Gasteiger partial charge in [-0.05, 0) is 36.1 Å². The Morgan fingerprint density at radius 3 is 2.29 bits per heavy atom. The first kappa shape index (κ1) is 24.3.